The topological polar surface area (TPSA) is 76.9 Å². The smallest absolute Gasteiger partial charge is 0.263 e. The van der Waals surface area contributed by atoms with Crippen LogP contribution in [0.2, 0.25) is 0 Å². The Kier molecular flexibility index (Phi) is 5.60. The summed E-state index contributed by atoms with van der Waals surface area (Å²) < 4.78 is 1.90. The fourth-order valence-corrected chi connectivity index (χ4v) is 6.72. The number of carbonyl (C=O) groups excluding carboxylic acids is 1. The summed E-state index contributed by atoms with van der Waals surface area (Å²) in [6.45, 7) is 0. The number of fused-ring (bicyclic) bond motifs is 3. The number of carbonyl (C=O) groups is 1. The lowest BCUT2D eigenvalue weighted by Crippen LogP contribution is -2.27. The zero-order chi connectivity index (χ0) is 20.5. The molecule has 2 aliphatic carbocycles. The lowest BCUT2D eigenvalue weighted by molar-refractivity contribution is -0.113. The maximum absolute atomic E-state index is 13.6. The van der Waals surface area contributed by atoms with Crippen LogP contribution < -0.4 is 10.9 Å². The number of hydrogen-bond acceptors (Lipinski definition) is 6. The van der Waals surface area contributed by atoms with Crippen molar-refractivity contribution in [3.8, 4) is 0 Å². The summed E-state index contributed by atoms with van der Waals surface area (Å²) in [6, 6.07) is 3.79. The molecule has 3 heterocycles. The minimum Gasteiger partial charge on any atom is -0.324 e. The third-order valence-corrected chi connectivity index (χ3v) is 8.09. The number of thiophene rings is 1. The van der Waals surface area contributed by atoms with E-state index in [9.17, 15) is 9.59 Å². The number of hydrogen-bond donors (Lipinski definition) is 1. The van der Waals surface area contributed by atoms with Crippen LogP contribution in [0, 0.1) is 0 Å². The maximum atomic E-state index is 13.6. The number of nitrogens with one attached hydrogen (secondary N) is 1. The Labute approximate surface area is 183 Å². The molecule has 1 saturated carbocycles. The van der Waals surface area contributed by atoms with Crippen molar-refractivity contribution < 1.29 is 4.79 Å². The van der Waals surface area contributed by atoms with Gasteiger partial charge in [-0.05, 0) is 56.2 Å². The highest BCUT2D eigenvalue weighted by molar-refractivity contribution is 7.99. The summed E-state index contributed by atoms with van der Waals surface area (Å²) >= 11 is 3.03. The van der Waals surface area contributed by atoms with Crippen molar-refractivity contribution in [2.24, 2.45) is 0 Å². The highest BCUT2D eigenvalue weighted by atomic mass is 32.2. The Balaban J connectivity index is 1.48. The first kappa shape index (κ1) is 19.8. The predicted octanol–water partition coefficient (Wildman–Crippen LogP) is 4.58. The third-order valence-electron chi connectivity index (χ3n) is 5.96. The fourth-order valence-electron chi connectivity index (χ4n) is 4.55. The van der Waals surface area contributed by atoms with E-state index in [0.717, 1.165) is 55.2 Å². The molecule has 0 radical (unpaired) electrons. The number of amides is 1. The Morgan fingerprint density at radius 3 is 2.87 bits per heavy atom. The van der Waals surface area contributed by atoms with Gasteiger partial charge < -0.3 is 5.32 Å². The van der Waals surface area contributed by atoms with Crippen LogP contribution in [0.5, 0.6) is 0 Å². The van der Waals surface area contributed by atoms with Gasteiger partial charge in [-0.25, -0.2) is 4.98 Å². The standard InChI is InChI=1S/C22H24N4O2S2/c27-18(24-14-6-5-11-23-12-14)13-29-22-25-20-19(16-9-3-4-10-17(16)30-20)21(28)26(22)15-7-1-2-8-15/h5-6,11-12,15H,1-4,7-10,13H2,(H,24,27). The number of pyridine rings is 1. The molecule has 0 saturated heterocycles. The average Bonchev–Trinajstić information content (AvgIpc) is 3.40. The highest BCUT2D eigenvalue weighted by Gasteiger charge is 2.27. The molecular weight excluding hydrogens is 416 g/mol. The van der Waals surface area contributed by atoms with Crippen molar-refractivity contribution in [1.29, 1.82) is 0 Å². The van der Waals surface area contributed by atoms with E-state index in [1.807, 2.05) is 10.6 Å². The number of nitrogens with zero attached hydrogens (tertiary/aromatic N) is 3. The summed E-state index contributed by atoms with van der Waals surface area (Å²) in [4.78, 5) is 37.2. The van der Waals surface area contributed by atoms with E-state index in [1.165, 1.54) is 28.6 Å². The average molecular weight is 441 g/mol. The molecule has 3 aromatic rings. The number of aromatic nitrogens is 3. The number of thioether (sulfide) groups is 1. The highest BCUT2D eigenvalue weighted by Crippen LogP contribution is 2.37. The SMILES string of the molecule is O=C(CSc1nc2sc3c(c2c(=O)n1C1CCCC1)CCCC3)Nc1cccnc1. The second kappa shape index (κ2) is 8.51. The van der Waals surface area contributed by atoms with Gasteiger partial charge in [-0.2, -0.15) is 0 Å². The molecule has 2 aliphatic rings. The molecular formula is C22H24N4O2S2. The van der Waals surface area contributed by atoms with Gasteiger partial charge in [0.2, 0.25) is 5.91 Å². The van der Waals surface area contributed by atoms with Crippen LogP contribution in [0.3, 0.4) is 0 Å². The number of aryl methyl sites for hydroxylation is 2. The van der Waals surface area contributed by atoms with Crippen LogP contribution in [-0.4, -0.2) is 26.2 Å². The summed E-state index contributed by atoms with van der Waals surface area (Å²) in [7, 11) is 0. The van der Waals surface area contributed by atoms with Crippen LogP contribution in [0.15, 0.2) is 34.5 Å². The van der Waals surface area contributed by atoms with E-state index in [0.29, 0.717) is 10.8 Å². The van der Waals surface area contributed by atoms with Crippen molar-refractivity contribution in [3.05, 3.63) is 45.3 Å². The Morgan fingerprint density at radius 1 is 1.23 bits per heavy atom. The molecule has 1 amide bonds. The zero-order valence-corrected chi connectivity index (χ0v) is 18.4. The molecule has 5 rings (SSSR count). The summed E-state index contributed by atoms with van der Waals surface area (Å²) in [6.07, 6.45) is 12.0. The number of rotatable bonds is 5. The first-order valence-corrected chi connectivity index (χ1v) is 12.4. The van der Waals surface area contributed by atoms with E-state index in [-0.39, 0.29) is 23.3 Å². The molecule has 1 N–H and O–H groups in total. The van der Waals surface area contributed by atoms with Gasteiger partial charge in [0.15, 0.2) is 5.16 Å². The second-order valence-corrected chi connectivity index (χ2v) is 10.0. The molecule has 0 aliphatic heterocycles. The Hall–Kier alpha value is -2.19. The molecule has 30 heavy (non-hydrogen) atoms. The molecule has 0 unspecified atom stereocenters. The molecule has 6 nitrogen and oxygen atoms in total. The Morgan fingerprint density at radius 2 is 2.07 bits per heavy atom. The Bertz CT molecular complexity index is 1130. The lowest BCUT2D eigenvalue weighted by atomic mass is 9.97. The van der Waals surface area contributed by atoms with Gasteiger partial charge in [-0.1, -0.05) is 24.6 Å². The van der Waals surface area contributed by atoms with Gasteiger partial charge in [0.25, 0.3) is 5.56 Å². The van der Waals surface area contributed by atoms with E-state index in [2.05, 4.69) is 10.3 Å². The largest absolute Gasteiger partial charge is 0.324 e. The number of anilines is 1. The molecule has 0 bridgehead atoms. The first-order chi connectivity index (χ1) is 14.7. The van der Waals surface area contributed by atoms with Crippen LogP contribution in [0.4, 0.5) is 5.69 Å². The molecule has 0 spiro atoms. The monoisotopic (exact) mass is 440 g/mol. The first-order valence-electron chi connectivity index (χ1n) is 10.6. The zero-order valence-electron chi connectivity index (χ0n) is 16.7. The van der Waals surface area contributed by atoms with Crippen LogP contribution in [-0.2, 0) is 17.6 Å². The summed E-state index contributed by atoms with van der Waals surface area (Å²) in [5.74, 6) is 0.0933. The van der Waals surface area contributed by atoms with Gasteiger partial charge in [-0.3, -0.25) is 19.1 Å². The maximum Gasteiger partial charge on any atom is 0.263 e. The molecule has 0 atom stereocenters. The minimum absolute atomic E-state index is 0.0986. The summed E-state index contributed by atoms with van der Waals surface area (Å²) in [5.41, 5.74) is 2.00. The third kappa shape index (κ3) is 3.78. The summed E-state index contributed by atoms with van der Waals surface area (Å²) in [5, 5.41) is 4.38. The van der Waals surface area contributed by atoms with E-state index in [4.69, 9.17) is 4.98 Å². The van der Waals surface area contributed by atoms with Crippen LogP contribution in [0.1, 0.15) is 55.0 Å². The normalized spacial score (nSPS) is 16.7. The molecule has 3 aromatic heterocycles. The van der Waals surface area contributed by atoms with Gasteiger partial charge in [0, 0.05) is 17.1 Å². The van der Waals surface area contributed by atoms with Gasteiger partial charge >= 0.3 is 0 Å². The minimum atomic E-state index is -0.120. The van der Waals surface area contributed by atoms with Crippen molar-refractivity contribution in [1.82, 2.24) is 14.5 Å². The lowest BCUT2D eigenvalue weighted by Gasteiger charge is -2.18. The van der Waals surface area contributed by atoms with E-state index in [1.54, 1.807) is 29.8 Å². The molecule has 1 fully saturated rings. The van der Waals surface area contributed by atoms with Gasteiger partial charge in [0.1, 0.15) is 4.83 Å². The van der Waals surface area contributed by atoms with Crippen molar-refractivity contribution in [2.45, 2.75) is 62.6 Å². The fraction of sp³-hybridized carbons (Fsp3) is 0.455. The van der Waals surface area contributed by atoms with E-state index >= 15 is 0 Å². The van der Waals surface area contributed by atoms with Crippen molar-refractivity contribution in [2.75, 3.05) is 11.1 Å². The second-order valence-electron chi connectivity index (χ2n) is 7.98. The van der Waals surface area contributed by atoms with E-state index < -0.39 is 0 Å². The van der Waals surface area contributed by atoms with Gasteiger partial charge in [0.05, 0.1) is 23.0 Å². The van der Waals surface area contributed by atoms with Crippen molar-refractivity contribution in [3.63, 3.8) is 0 Å². The molecule has 8 heteroatoms. The van der Waals surface area contributed by atoms with Gasteiger partial charge in [-0.15, -0.1) is 11.3 Å². The van der Waals surface area contributed by atoms with Crippen LogP contribution in [0.25, 0.3) is 10.2 Å². The van der Waals surface area contributed by atoms with Crippen molar-refractivity contribution >= 4 is 44.9 Å². The molecule has 0 aromatic carbocycles. The van der Waals surface area contributed by atoms with Crippen LogP contribution >= 0.6 is 23.1 Å². The predicted molar refractivity (Wildman–Crippen MR) is 122 cm³/mol. The molecule has 156 valence electrons. The quantitative estimate of drug-likeness (QED) is 0.464.